The highest BCUT2D eigenvalue weighted by atomic mass is 32.2. The number of aromatic nitrogens is 3. The van der Waals surface area contributed by atoms with Crippen LogP contribution in [-0.4, -0.2) is 34.0 Å². The van der Waals surface area contributed by atoms with Crippen LogP contribution in [0, 0.1) is 12.7 Å². The third kappa shape index (κ3) is 4.70. The smallest absolute Gasteiger partial charge is 0.191 e. The van der Waals surface area contributed by atoms with Gasteiger partial charge in [-0.05, 0) is 36.4 Å². The van der Waals surface area contributed by atoms with Crippen LogP contribution in [0.3, 0.4) is 0 Å². The van der Waals surface area contributed by atoms with E-state index in [1.807, 2.05) is 30.9 Å². The van der Waals surface area contributed by atoms with Crippen LogP contribution in [0.5, 0.6) is 0 Å². The predicted octanol–water partition coefficient (Wildman–Crippen LogP) is 1.99. The van der Waals surface area contributed by atoms with E-state index in [1.54, 1.807) is 24.9 Å². The van der Waals surface area contributed by atoms with E-state index in [0.29, 0.717) is 19.0 Å². The standard InChI is InChI=1S/C16H23FN6S/c1-11-21-22-15(23(11)3)9-20-16(18-2)19-8-12-5-6-14(17)7-13(12)10-24-4/h5-7H,8-10H2,1-4H3,(H2,18,19,20). The Balaban J connectivity index is 1.95. The molecule has 0 aliphatic heterocycles. The lowest BCUT2D eigenvalue weighted by Crippen LogP contribution is -2.37. The molecule has 0 unspecified atom stereocenters. The van der Waals surface area contributed by atoms with Crippen molar-refractivity contribution >= 4 is 17.7 Å². The SMILES string of the molecule is CN=C(NCc1ccc(F)cc1CSC)NCc1nnc(C)n1C. The summed E-state index contributed by atoms with van der Waals surface area (Å²) >= 11 is 1.67. The van der Waals surface area contributed by atoms with E-state index in [9.17, 15) is 4.39 Å². The highest BCUT2D eigenvalue weighted by Gasteiger charge is 2.08. The normalized spacial score (nSPS) is 11.6. The minimum absolute atomic E-state index is 0.206. The molecule has 6 nitrogen and oxygen atoms in total. The van der Waals surface area contributed by atoms with Crippen molar-refractivity contribution in [1.82, 2.24) is 25.4 Å². The molecule has 8 heteroatoms. The van der Waals surface area contributed by atoms with Crippen molar-refractivity contribution in [2.75, 3.05) is 13.3 Å². The van der Waals surface area contributed by atoms with Gasteiger partial charge < -0.3 is 15.2 Å². The van der Waals surface area contributed by atoms with Crippen molar-refractivity contribution in [2.24, 2.45) is 12.0 Å². The summed E-state index contributed by atoms with van der Waals surface area (Å²) in [5, 5.41) is 14.6. The molecule has 0 amide bonds. The summed E-state index contributed by atoms with van der Waals surface area (Å²) in [5.41, 5.74) is 2.05. The number of thioether (sulfide) groups is 1. The van der Waals surface area contributed by atoms with Gasteiger partial charge in [-0.1, -0.05) is 6.07 Å². The average molecular weight is 350 g/mol. The van der Waals surface area contributed by atoms with Crippen LogP contribution in [-0.2, 0) is 25.9 Å². The Bertz CT molecular complexity index is 713. The molecule has 0 aliphatic rings. The minimum Gasteiger partial charge on any atom is -0.352 e. The van der Waals surface area contributed by atoms with Gasteiger partial charge in [0.15, 0.2) is 11.8 Å². The van der Waals surface area contributed by atoms with Crippen LogP contribution >= 0.6 is 11.8 Å². The number of nitrogens with zero attached hydrogens (tertiary/aromatic N) is 4. The number of aliphatic imine (C=N–C) groups is 1. The molecule has 0 radical (unpaired) electrons. The monoisotopic (exact) mass is 350 g/mol. The Morgan fingerprint density at radius 3 is 2.62 bits per heavy atom. The van der Waals surface area contributed by atoms with Crippen molar-refractivity contribution in [3.8, 4) is 0 Å². The minimum atomic E-state index is -0.206. The predicted molar refractivity (Wildman–Crippen MR) is 96.4 cm³/mol. The van der Waals surface area contributed by atoms with Crippen molar-refractivity contribution in [3.05, 3.63) is 46.8 Å². The maximum atomic E-state index is 13.4. The fourth-order valence-electron chi connectivity index (χ4n) is 2.22. The van der Waals surface area contributed by atoms with Crippen molar-refractivity contribution in [3.63, 3.8) is 0 Å². The molecule has 2 N–H and O–H groups in total. The number of hydrogen-bond donors (Lipinski definition) is 2. The summed E-state index contributed by atoms with van der Waals surface area (Å²) in [4.78, 5) is 4.21. The van der Waals surface area contributed by atoms with E-state index in [4.69, 9.17) is 0 Å². The fourth-order valence-corrected chi connectivity index (χ4v) is 2.80. The molecular formula is C16H23FN6S. The highest BCUT2D eigenvalue weighted by Crippen LogP contribution is 2.16. The van der Waals surface area contributed by atoms with Gasteiger partial charge in [-0.25, -0.2) is 4.39 Å². The van der Waals surface area contributed by atoms with E-state index in [-0.39, 0.29) is 5.82 Å². The summed E-state index contributed by atoms with van der Waals surface area (Å²) in [6.45, 7) is 3.01. The molecule has 0 saturated carbocycles. The van der Waals surface area contributed by atoms with Gasteiger partial charge in [0.1, 0.15) is 11.6 Å². The summed E-state index contributed by atoms with van der Waals surface area (Å²) in [5.74, 6) is 2.93. The summed E-state index contributed by atoms with van der Waals surface area (Å²) in [6, 6.07) is 4.89. The van der Waals surface area contributed by atoms with Gasteiger partial charge in [-0.3, -0.25) is 4.99 Å². The van der Waals surface area contributed by atoms with Crippen LogP contribution in [0.2, 0.25) is 0 Å². The molecule has 0 atom stereocenters. The zero-order chi connectivity index (χ0) is 17.5. The van der Waals surface area contributed by atoms with E-state index < -0.39 is 0 Å². The molecule has 1 heterocycles. The molecule has 0 saturated heterocycles. The molecule has 0 fully saturated rings. The first kappa shape index (κ1) is 18.3. The van der Waals surface area contributed by atoms with Gasteiger partial charge in [0.05, 0.1) is 6.54 Å². The van der Waals surface area contributed by atoms with Crippen molar-refractivity contribution in [2.45, 2.75) is 25.8 Å². The molecule has 24 heavy (non-hydrogen) atoms. The fraction of sp³-hybridized carbons (Fsp3) is 0.438. The molecule has 1 aromatic heterocycles. The van der Waals surface area contributed by atoms with Gasteiger partial charge >= 0.3 is 0 Å². The molecule has 0 aliphatic carbocycles. The van der Waals surface area contributed by atoms with Crippen LogP contribution in [0.25, 0.3) is 0 Å². The summed E-state index contributed by atoms with van der Waals surface area (Å²) < 4.78 is 15.3. The lowest BCUT2D eigenvalue weighted by atomic mass is 10.1. The van der Waals surface area contributed by atoms with Crippen LogP contribution in [0.15, 0.2) is 23.2 Å². The molecule has 0 bridgehead atoms. The second-order valence-corrected chi connectivity index (χ2v) is 6.21. The molecule has 2 aromatic rings. The Hall–Kier alpha value is -2.09. The summed E-state index contributed by atoms with van der Waals surface area (Å²) in [7, 11) is 3.64. The maximum Gasteiger partial charge on any atom is 0.191 e. The second kappa shape index (κ2) is 8.68. The largest absolute Gasteiger partial charge is 0.352 e. The Morgan fingerprint density at radius 1 is 1.25 bits per heavy atom. The van der Waals surface area contributed by atoms with Gasteiger partial charge in [0.2, 0.25) is 0 Å². The number of hydrogen-bond acceptors (Lipinski definition) is 4. The molecule has 1 aromatic carbocycles. The number of rotatable bonds is 6. The quantitative estimate of drug-likeness (QED) is 0.616. The lowest BCUT2D eigenvalue weighted by molar-refractivity contribution is 0.625. The number of halogens is 1. The Morgan fingerprint density at radius 2 is 2.00 bits per heavy atom. The molecule has 2 rings (SSSR count). The molecule has 130 valence electrons. The van der Waals surface area contributed by atoms with Crippen molar-refractivity contribution < 1.29 is 4.39 Å². The molecule has 0 spiro atoms. The number of nitrogens with one attached hydrogen (secondary N) is 2. The number of benzene rings is 1. The second-order valence-electron chi connectivity index (χ2n) is 5.35. The Kier molecular flexibility index (Phi) is 6.60. The van der Waals surface area contributed by atoms with E-state index >= 15 is 0 Å². The number of aryl methyl sites for hydroxylation is 1. The molecular weight excluding hydrogens is 327 g/mol. The third-order valence-electron chi connectivity index (χ3n) is 3.73. The van der Waals surface area contributed by atoms with Gasteiger partial charge in [-0.2, -0.15) is 11.8 Å². The first-order valence-corrected chi connectivity index (χ1v) is 9.00. The van der Waals surface area contributed by atoms with Crippen LogP contribution < -0.4 is 10.6 Å². The third-order valence-corrected chi connectivity index (χ3v) is 4.33. The van der Waals surface area contributed by atoms with Crippen LogP contribution in [0.4, 0.5) is 4.39 Å². The van der Waals surface area contributed by atoms with Gasteiger partial charge in [0, 0.05) is 26.4 Å². The lowest BCUT2D eigenvalue weighted by Gasteiger charge is -2.14. The van der Waals surface area contributed by atoms with Crippen LogP contribution in [0.1, 0.15) is 22.8 Å². The van der Waals surface area contributed by atoms with Gasteiger partial charge in [-0.15, -0.1) is 10.2 Å². The highest BCUT2D eigenvalue weighted by molar-refractivity contribution is 7.97. The topological polar surface area (TPSA) is 67.1 Å². The number of guanidine groups is 1. The average Bonchev–Trinajstić information content (AvgIpc) is 2.89. The zero-order valence-corrected chi connectivity index (χ0v) is 15.2. The van der Waals surface area contributed by atoms with E-state index in [2.05, 4.69) is 25.8 Å². The Labute approximate surface area is 146 Å². The van der Waals surface area contributed by atoms with Gasteiger partial charge in [0.25, 0.3) is 0 Å². The first-order valence-electron chi connectivity index (χ1n) is 7.60. The van der Waals surface area contributed by atoms with E-state index in [0.717, 1.165) is 28.5 Å². The van der Waals surface area contributed by atoms with Crippen molar-refractivity contribution in [1.29, 1.82) is 0 Å². The summed E-state index contributed by atoms with van der Waals surface area (Å²) in [6.07, 6.45) is 2.01. The zero-order valence-electron chi connectivity index (χ0n) is 14.4. The van der Waals surface area contributed by atoms with E-state index in [1.165, 1.54) is 6.07 Å². The first-order chi connectivity index (χ1) is 11.5. The maximum absolute atomic E-state index is 13.4.